The molecule has 0 aliphatic heterocycles. The molecule has 2 N–H and O–H groups in total. The van der Waals surface area contributed by atoms with Crippen LogP contribution in [0.5, 0.6) is 5.75 Å². The fourth-order valence-electron chi connectivity index (χ4n) is 2.60. The zero-order valence-electron chi connectivity index (χ0n) is 15.8. The van der Waals surface area contributed by atoms with E-state index in [1.54, 1.807) is 31.4 Å². The normalized spacial score (nSPS) is 10.4. The van der Waals surface area contributed by atoms with Crippen LogP contribution >= 0.6 is 22.9 Å². The number of hydrogen-bond donors (Lipinski definition) is 2. The highest BCUT2D eigenvalue weighted by Crippen LogP contribution is 2.30. The van der Waals surface area contributed by atoms with Gasteiger partial charge in [0.05, 0.1) is 24.2 Å². The lowest BCUT2D eigenvalue weighted by Gasteiger charge is -2.07. The van der Waals surface area contributed by atoms with Crippen LogP contribution in [0.4, 0.5) is 0 Å². The lowest BCUT2D eigenvalue weighted by atomic mass is 10.2. The van der Waals surface area contributed by atoms with Crippen molar-refractivity contribution in [3.05, 3.63) is 70.2 Å². The third-order valence-corrected chi connectivity index (χ3v) is 5.34. The Bertz CT molecular complexity index is 989. The monoisotopic (exact) mass is 429 g/mol. The molecule has 0 bridgehead atoms. The molecule has 0 spiro atoms. The summed E-state index contributed by atoms with van der Waals surface area (Å²) in [5.41, 5.74) is 2.07. The minimum absolute atomic E-state index is 0.153. The Labute approximate surface area is 177 Å². The Balaban J connectivity index is 1.42. The molecule has 0 atom stereocenters. The van der Waals surface area contributed by atoms with Crippen molar-refractivity contribution in [1.82, 2.24) is 15.6 Å². The van der Waals surface area contributed by atoms with Gasteiger partial charge >= 0.3 is 0 Å². The van der Waals surface area contributed by atoms with Gasteiger partial charge < -0.3 is 15.4 Å². The molecule has 150 valence electrons. The summed E-state index contributed by atoms with van der Waals surface area (Å²) >= 11 is 7.64. The quantitative estimate of drug-likeness (QED) is 0.536. The van der Waals surface area contributed by atoms with Crippen molar-refractivity contribution in [2.24, 2.45) is 0 Å². The lowest BCUT2D eigenvalue weighted by Crippen LogP contribution is -2.35. The molecule has 3 rings (SSSR count). The van der Waals surface area contributed by atoms with Gasteiger partial charge in [-0.2, -0.15) is 0 Å². The maximum Gasteiger partial charge on any atom is 0.251 e. The molecular weight excluding hydrogens is 410 g/mol. The first-order valence-corrected chi connectivity index (χ1v) is 10.2. The number of benzene rings is 2. The second kappa shape index (κ2) is 10.0. The number of rotatable bonds is 8. The van der Waals surface area contributed by atoms with Crippen molar-refractivity contribution in [2.75, 3.05) is 20.2 Å². The number of methoxy groups -OCH3 is 1. The van der Waals surface area contributed by atoms with Gasteiger partial charge in [0.2, 0.25) is 5.91 Å². The highest BCUT2D eigenvalue weighted by Gasteiger charge is 2.11. The fourth-order valence-corrected chi connectivity index (χ4v) is 3.74. The molecule has 0 unspecified atom stereocenters. The summed E-state index contributed by atoms with van der Waals surface area (Å²) in [7, 11) is 1.57. The van der Waals surface area contributed by atoms with Gasteiger partial charge in [-0.05, 0) is 30.3 Å². The Morgan fingerprint density at radius 3 is 2.52 bits per heavy atom. The summed E-state index contributed by atoms with van der Waals surface area (Å²) in [6.45, 7) is 0.667. The van der Waals surface area contributed by atoms with Crippen molar-refractivity contribution in [2.45, 2.75) is 6.42 Å². The first-order chi connectivity index (χ1) is 14.1. The van der Waals surface area contributed by atoms with Crippen LogP contribution in [0.2, 0.25) is 5.02 Å². The molecule has 0 aliphatic carbocycles. The molecule has 6 nitrogen and oxygen atoms in total. The molecule has 0 aliphatic rings. The van der Waals surface area contributed by atoms with Crippen LogP contribution in [-0.4, -0.2) is 37.0 Å². The number of carbonyl (C=O) groups excluding carboxylic acids is 2. The highest BCUT2D eigenvalue weighted by atomic mass is 35.5. The van der Waals surface area contributed by atoms with Crippen LogP contribution in [0.1, 0.15) is 16.1 Å². The second-order valence-electron chi connectivity index (χ2n) is 6.13. The standard InChI is InChI=1S/C21H20ClN3O3S/c1-28-16-8-6-14(7-9-16)20(27)24-11-10-23-19(26)12-15-13-29-21(25-15)17-4-2-3-5-18(17)22/h2-9,13H,10-12H2,1H3,(H,23,26)(H,24,27). The number of thiazole rings is 1. The summed E-state index contributed by atoms with van der Waals surface area (Å²) in [4.78, 5) is 28.7. The molecule has 0 fully saturated rings. The van der Waals surface area contributed by atoms with Crippen LogP contribution in [-0.2, 0) is 11.2 Å². The van der Waals surface area contributed by atoms with Gasteiger partial charge in [0.1, 0.15) is 10.8 Å². The average molecular weight is 430 g/mol. The average Bonchev–Trinajstić information content (AvgIpc) is 3.19. The number of nitrogens with zero attached hydrogens (tertiary/aromatic N) is 1. The van der Waals surface area contributed by atoms with Gasteiger partial charge in [0.25, 0.3) is 5.91 Å². The maximum absolute atomic E-state index is 12.1. The smallest absolute Gasteiger partial charge is 0.251 e. The zero-order chi connectivity index (χ0) is 20.6. The molecule has 2 amide bonds. The molecule has 8 heteroatoms. The van der Waals surface area contributed by atoms with Gasteiger partial charge in [-0.15, -0.1) is 11.3 Å². The molecule has 1 aromatic heterocycles. The van der Waals surface area contributed by atoms with E-state index in [-0.39, 0.29) is 18.2 Å². The van der Waals surface area contributed by atoms with Gasteiger partial charge in [-0.3, -0.25) is 9.59 Å². The third kappa shape index (κ3) is 5.79. The van der Waals surface area contributed by atoms with Crippen molar-refractivity contribution < 1.29 is 14.3 Å². The van der Waals surface area contributed by atoms with Crippen molar-refractivity contribution in [3.63, 3.8) is 0 Å². The van der Waals surface area contributed by atoms with E-state index in [1.807, 2.05) is 29.6 Å². The number of amides is 2. The molecule has 2 aromatic carbocycles. The molecule has 0 radical (unpaired) electrons. The predicted octanol–water partition coefficient (Wildman–Crippen LogP) is 3.56. The minimum Gasteiger partial charge on any atom is -0.497 e. The third-order valence-electron chi connectivity index (χ3n) is 4.08. The van der Waals surface area contributed by atoms with Gasteiger partial charge in [-0.1, -0.05) is 29.8 Å². The number of nitrogens with one attached hydrogen (secondary N) is 2. The Hall–Kier alpha value is -2.90. The Morgan fingerprint density at radius 2 is 1.79 bits per heavy atom. The van der Waals surface area contributed by atoms with Crippen molar-refractivity contribution >= 4 is 34.8 Å². The number of hydrogen-bond acceptors (Lipinski definition) is 5. The summed E-state index contributed by atoms with van der Waals surface area (Å²) in [6, 6.07) is 14.3. The SMILES string of the molecule is COc1ccc(C(=O)NCCNC(=O)Cc2csc(-c3ccccc3Cl)n2)cc1. The largest absolute Gasteiger partial charge is 0.497 e. The van der Waals surface area contributed by atoms with Gasteiger partial charge in [0.15, 0.2) is 0 Å². The zero-order valence-corrected chi connectivity index (χ0v) is 17.3. The van der Waals surface area contributed by atoms with Crippen LogP contribution in [0.15, 0.2) is 53.9 Å². The number of aromatic nitrogens is 1. The van der Waals surface area contributed by atoms with E-state index in [0.717, 1.165) is 10.6 Å². The van der Waals surface area contributed by atoms with E-state index >= 15 is 0 Å². The lowest BCUT2D eigenvalue weighted by molar-refractivity contribution is -0.120. The van der Waals surface area contributed by atoms with E-state index in [4.69, 9.17) is 16.3 Å². The summed E-state index contributed by atoms with van der Waals surface area (Å²) < 4.78 is 5.06. The van der Waals surface area contributed by atoms with Crippen molar-refractivity contribution in [3.8, 4) is 16.3 Å². The van der Waals surface area contributed by atoms with E-state index in [2.05, 4.69) is 15.6 Å². The van der Waals surface area contributed by atoms with E-state index in [0.29, 0.717) is 35.1 Å². The first-order valence-electron chi connectivity index (χ1n) is 8.95. The highest BCUT2D eigenvalue weighted by molar-refractivity contribution is 7.13. The summed E-state index contributed by atoms with van der Waals surface area (Å²) in [5, 5.41) is 8.81. The van der Waals surface area contributed by atoms with Crippen LogP contribution < -0.4 is 15.4 Å². The maximum atomic E-state index is 12.1. The van der Waals surface area contributed by atoms with E-state index < -0.39 is 0 Å². The number of ether oxygens (including phenoxy) is 1. The molecule has 29 heavy (non-hydrogen) atoms. The first kappa shape index (κ1) is 20.8. The summed E-state index contributed by atoms with van der Waals surface area (Å²) in [5.74, 6) is 0.332. The molecular formula is C21H20ClN3O3S. The fraction of sp³-hybridized carbons (Fsp3) is 0.190. The minimum atomic E-state index is -0.203. The Kier molecular flexibility index (Phi) is 7.21. The molecule has 1 heterocycles. The van der Waals surface area contributed by atoms with Crippen LogP contribution in [0, 0.1) is 0 Å². The van der Waals surface area contributed by atoms with Gasteiger partial charge in [0, 0.05) is 29.6 Å². The number of carbonyl (C=O) groups is 2. The van der Waals surface area contributed by atoms with Crippen LogP contribution in [0.25, 0.3) is 10.6 Å². The van der Waals surface area contributed by atoms with Crippen LogP contribution in [0.3, 0.4) is 0 Å². The molecule has 0 saturated heterocycles. The topological polar surface area (TPSA) is 80.3 Å². The number of halogens is 1. The molecule has 3 aromatic rings. The Morgan fingerprint density at radius 1 is 1.07 bits per heavy atom. The van der Waals surface area contributed by atoms with Crippen molar-refractivity contribution in [1.29, 1.82) is 0 Å². The van der Waals surface area contributed by atoms with Gasteiger partial charge in [-0.25, -0.2) is 4.98 Å². The second-order valence-corrected chi connectivity index (χ2v) is 7.40. The molecule has 0 saturated carbocycles. The predicted molar refractivity (Wildman–Crippen MR) is 115 cm³/mol. The summed E-state index contributed by atoms with van der Waals surface area (Å²) in [6.07, 6.45) is 0.174. The van der Waals surface area contributed by atoms with E-state index in [1.165, 1.54) is 11.3 Å². The van der Waals surface area contributed by atoms with E-state index in [9.17, 15) is 9.59 Å².